The van der Waals surface area contributed by atoms with Crippen molar-refractivity contribution in [1.29, 1.82) is 0 Å². The van der Waals surface area contributed by atoms with Crippen molar-refractivity contribution in [2.24, 2.45) is 0 Å². The number of alkyl carbamates (subject to hydrolysis) is 1. The van der Waals surface area contributed by atoms with Crippen molar-refractivity contribution in [2.75, 3.05) is 13.1 Å². The molecule has 0 spiro atoms. The Morgan fingerprint density at radius 3 is 2.14 bits per heavy atom. The van der Waals surface area contributed by atoms with Crippen LogP contribution in [0.3, 0.4) is 0 Å². The van der Waals surface area contributed by atoms with Crippen LogP contribution in [0.1, 0.15) is 27.2 Å². The van der Waals surface area contributed by atoms with Gasteiger partial charge in [0.1, 0.15) is 11.6 Å². The fourth-order valence-corrected chi connectivity index (χ4v) is 1.48. The minimum atomic E-state index is -1.32. The number of carboxylic acid groups (broad SMARTS) is 2. The van der Waals surface area contributed by atoms with Gasteiger partial charge in [-0.2, -0.15) is 0 Å². The summed E-state index contributed by atoms with van der Waals surface area (Å²) in [6.07, 6.45) is -1.18. The van der Waals surface area contributed by atoms with Crippen LogP contribution in [0.5, 0.6) is 0 Å². The summed E-state index contributed by atoms with van der Waals surface area (Å²) in [6.45, 7) is 5.63. The van der Waals surface area contributed by atoms with Crippen LogP contribution >= 0.6 is 12.2 Å². The van der Waals surface area contributed by atoms with E-state index in [1.807, 2.05) is 0 Å². The number of carbonyl (C=O) groups is 3. The summed E-state index contributed by atoms with van der Waals surface area (Å²) in [5.41, 5.74) is -0.597. The lowest BCUT2D eigenvalue weighted by Gasteiger charge is -2.20. The molecule has 0 aromatic heterocycles. The van der Waals surface area contributed by atoms with Crippen molar-refractivity contribution < 1.29 is 29.3 Å². The van der Waals surface area contributed by atoms with Crippen molar-refractivity contribution in [3.05, 3.63) is 0 Å². The highest BCUT2D eigenvalue weighted by molar-refractivity contribution is 7.80. The van der Waals surface area contributed by atoms with Crippen molar-refractivity contribution in [1.82, 2.24) is 16.0 Å². The van der Waals surface area contributed by atoms with Crippen LogP contribution < -0.4 is 16.0 Å². The average molecular weight is 335 g/mol. The molecule has 10 heteroatoms. The van der Waals surface area contributed by atoms with Crippen LogP contribution in [0.15, 0.2) is 0 Å². The molecule has 0 bridgehead atoms. The van der Waals surface area contributed by atoms with Crippen LogP contribution in [0.25, 0.3) is 0 Å². The molecule has 1 amide bonds. The molecular formula is C12H21N3O6S. The quantitative estimate of drug-likeness (QED) is 0.319. The second-order valence-corrected chi connectivity index (χ2v) is 5.73. The third kappa shape index (κ3) is 10.7. The van der Waals surface area contributed by atoms with Crippen LogP contribution in [0.2, 0.25) is 0 Å². The summed E-state index contributed by atoms with van der Waals surface area (Å²) in [4.78, 5) is 32.7. The number of carbonyl (C=O) groups excluding carboxylic acids is 1. The van der Waals surface area contributed by atoms with E-state index in [0.717, 1.165) is 0 Å². The highest BCUT2D eigenvalue weighted by atomic mass is 32.1. The SMILES string of the molecule is CC(C)(C)OC(=O)NCCNC(=S)NC(CC(=O)O)C(=O)O. The normalized spacial score (nSPS) is 12.0. The van der Waals surface area contributed by atoms with E-state index >= 15 is 0 Å². The molecule has 1 unspecified atom stereocenters. The number of ether oxygens (including phenoxy) is 1. The van der Waals surface area contributed by atoms with Crippen molar-refractivity contribution in [3.63, 3.8) is 0 Å². The molecule has 0 aromatic carbocycles. The second kappa shape index (κ2) is 9.03. The van der Waals surface area contributed by atoms with Gasteiger partial charge in [0.25, 0.3) is 0 Å². The number of nitrogens with one attached hydrogen (secondary N) is 3. The molecule has 0 saturated heterocycles. The van der Waals surface area contributed by atoms with Crippen molar-refractivity contribution in [3.8, 4) is 0 Å². The molecule has 1 atom stereocenters. The molecule has 22 heavy (non-hydrogen) atoms. The van der Waals surface area contributed by atoms with Crippen LogP contribution in [-0.4, -0.2) is 58.1 Å². The molecule has 0 aliphatic carbocycles. The van der Waals surface area contributed by atoms with E-state index in [4.69, 9.17) is 27.2 Å². The lowest BCUT2D eigenvalue weighted by molar-refractivity contribution is -0.145. The monoisotopic (exact) mass is 335 g/mol. The molecular weight excluding hydrogens is 314 g/mol. The van der Waals surface area contributed by atoms with Crippen LogP contribution in [0.4, 0.5) is 4.79 Å². The second-order valence-electron chi connectivity index (χ2n) is 5.32. The van der Waals surface area contributed by atoms with Gasteiger partial charge in [0.2, 0.25) is 0 Å². The van der Waals surface area contributed by atoms with E-state index in [1.54, 1.807) is 20.8 Å². The highest BCUT2D eigenvalue weighted by Crippen LogP contribution is 2.05. The topological polar surface area (TPSA) is 137 Å². The van der Waals surface area contributed by atoms with Crippen LogP contribution in [0, 0.1) is 0 Å². The van der Waals surface area contributed by atoms with Gasteiger partial charge in [-0.3, -0.25) is 4.79 Å². The van der Waals surface area contributed by atoms with E-state index in [0.29, 0.717) is 0 Å². The Morgan fingerprint density at radius 1 is 1.14 bits per heavy atom. The van der Waals surface area contributed by atoms with Gasteiger partial charge in [-0.15, -0.1) is 0 Å². The Bertz CT molecular complexity index is 435. The summed E-state index contributed by atoms with van der Waals surface area (Å²) in [7, 11) is 0. The van der Waals surface area contributed by atoms with Gasteiger partial charge in [-0.05, 0) is 33.0 Å². The minimum absolute atomic E-state index is 0.0142. The molecule has 0 fully saturated rings. The number of aliphatic carboxylic acids is 2. The molecule has 9 nitrogen and oxygen atoms in total. The summed E-state index contributed by atoms with van der Waals surface area (Å²) < 4.78 is 5.02. The molecule has 5 N–H and O–H groups in total. The van der Waals surface area contributed by atoms with Gasteiger partial charge >= 0.3 is 18.0 Å². The zero-order valence-electron chi connectivity index (χ0n) is 12.6. The first kappa shape index (κ1) is 19.9. The molecule has 0 saturated carbocycles. The minimum Gasteiger partial charge on any atom is -0.481 e. The van der Waals surface area contributed by atoms with E-state index in [-0.39, 0.29) is 18.2 Å². The van der Waals surface area contributed by atoms with Gasteiger partial charge < -0.3 is 30.9 Å². The molecule has 0 aromatic rings. The van der Waals surface area contributed by atoms with E-state index in [1.165, 1.54) is 0 Å². The standard InChI is InChI=1S/C12H21N3O6S/c1-12(2,3)21-11(20)14-5-4-13-10(22)15-7(9(18)19)6-8(16)17/h7H,4-6H2,1-3H3,(H,14,20)(H,16,17)(H,18,19)(H2,13,15,22). The Labute approximate surface area is 133 Å². The van der Waals surface area contributed by atoms with E-state index in [2.05, 4.69) is 16.0 Å². The maximum absolute atomic E-state index is 11.3. The largest absolute Gasteiger partial charge is 0.481 e. The lowest BCUT2D eigenvalue weighted by atomic mass is 10.2. The first-order valence-electron chi connectivity index (χ1n) is 6.47. The van der Waals surface area contributed by atoms with Gasteiger partial charge in [0, 0.05) is 13.1 Å². The third-order valence-corrected chi connectivity index (χ3v) is 2.32. The fourth-order valence-electron chi connectivity index (χ4n) is 1.24. The number of rotatable bonds is 7. The summed E-state index contributed by atoms with van der Waals surface area (Å²) in [6, 6.07) is -1.32. The molecule has 0 radical (unpaired) electrons. The summed E-state index contributed by atoms with van der Waals surface area (Å²) in [5.74, 6) is -2.58. The van der Waals surface area contributed by atoms with Crippen LogP contribution in [-0.2, 0) is 14.3 Å². The van der Waals surface area contributed by atoms with Gasteiger partial charge in [0.15, 0.2) is 5.11 Å². The smallest absolute Gasteiger partial charge is 0.407 e. The van der Waals surface area contributed by atoms with Gasteiger partial charge in [-0.1, -0.05) is 0 Å². The highest BCUT2D eigenvalue weighted by Gasteiger charge is 2.21. The van der Waals surface area contributed by atoms with Crippen molar-refractivity contribution >= 4 is 35.4 Å². The Hall–Kier alpha value is -2.10. The Morgan fingerprint density at radius 2 is 1.68 bits per heavy atom. The maximum atomic E-state index is 11.3. The molecule has 0 aliphatic rings. The number of thiocarbonyl (C=S) groups is 1. The number of carboxylic acids is 2. The molecule has 0 aliphatic heterocycles. The predicted octanol–water partition coefficient (Wildman–Crippen LogP) is -0.0969. The van der Waals surface area contributed by atoms with E-state index in [9.17, 15) is 14.4 Å². The Kier molecular flexibility index (Phi) is 8.17. The van der Waals surface area contributed by atoms with Crippen molar-refractivity contribution in [2.45, 2.75) is 38.8 Å². The average Bonchev–Trinajstić information content (AvgIpc) is 2.31. The zero-order chi connectivity index (χ0) is 17.3. The fraction of sp³-hybridized carbons (Fsp3) is 0.667. The van der Waals surface area contributed by atoms with Gasteiger partial charge in [0.05, 0.1) is 6.42 Å². The molecule has 0 heterocycles. The zero-order valence-corrected chi connectivity index (χ0v) is 13.5. The molecule has 126 valence electrons. The lowest BCUT2D eigenvalue weighted by Crippen LogP contribution is -2.48. The third-order valence-electron chi connectivity index (χ3n) is 2.06. The number of hydrogen-bond donors (Lipinski definition) is 5. The number of hydrogen-bond acceptors (Lipinski definition) is 5. The predicted molar refractivity (Wildman–Crippen MR) is 81.6 cm³/mol. The Balaban J connectivity index is 4.01. The van der Waals surface area contributed by atoms with E-state index < -0.39 is 36.1 Å². The first-order valence-corrected chi connectivity index (χ1v) is 6.88. The molecule has 0 rings (SSSR count). The van der Waals surface area contributed by atoms with Gasteiger partial charge in [-0.25, -0.2) is 9.59 Å². The maximum Gasteiger partial charge on any atom is 0.407 e. The first-order chi connectivity index (χ1) is 10.0. The summed E-state index contributed by atoms with van der Waals surface area (Å²) >= 11 is 4.85. The summed E-state index contributed by atoms with van der Waals surface area (Å²) in [5, 5.41) is 24.9. The number of amides is 1.